The van der Waals surface area contributed by atoms with E-state index in [9.17, 15) is 0 Å². The lowest BCUT2D eigenvalue weighted by atomic mass is 10.1. The summed E-state index contributed by atoms with van der Waals surface area (Å²) in [6, 6.07) is 4.09. The molecule has 0 spiro atoms. The molecule has 3 N–H and O–H groups in total. The molecule has 0 fully saturated rings. The zero-order valence-electron chi connectivity index (χ0n) is 13.0. The van der Waals surface area contributed by atoms with Gasteiger partial charge in [0.1, 0.15) is 0 Å². The second-order valence-corrected chi connectivity index (χ2v) is 6.44. The van der Waals surface area contributed by atoms with Gasteiger partial charge in [-0.15, -0.1) is 0 Å². The van der Waals surface area contributed by atoms with Crippen LogP contribution in [-0.4, -0.2) is 6.54 Å². The third-order valence-corrected chi connectivity index (χ3v) is 4.36. The minimum atomic E-state index is 0.842. The summed E-state index contributed by atoms with van der Waals surface area (Å²) in [6.07, 6.45) is 10.9. The monoisotopic (exact) mass is 340 g/mol. The molecule has 0 bridgehead atoms. The van der Waals surface area contributed by atoms with Crippen LogP contribution in [0.3, 0.4) is 0 Å². The second kappa shape index (κ2) is 10.1. The molecule has 0 unspecified atom stereocenters. The molecule has 114 valence electrons. The molecule has 0 amide bonds. The molecule has 0 heterocycles. The molecule has 3 heteroatoms. The maximum atomic E-state index is 5.88. The number of halogens is 1. The molecule has 20 heavy (non-hydrogen) atoms. The van der Waals surface area contributed by atoms with Gasteiger partial charge in [-0.05, 0) is 47.0 Å². The first-order valence-electron chi connectivity index (χ1n) is 7.94. The summed E-state index contributed by atoms with van der Waals surface area (Å²) in [4.78, 5) is 0. The minimum absolute atomic E-state index is 0.842. The molecule has 0 saturated carbocycles. The smallest absolute Gasteiger partial charge is 0.0488 e. The molecule has 2 nitrogen and oxygen atoms in total. The lowest BCUT2D eigenvalue weighted by Gasteiger charge is -2.11. The van der Waals surface area contributed by atoms with Crippen molar-refractivity contribution in [3.8, 4) is 0 Å². The Bertz CT molecular complexity index is 391. The van der Waals surface area contributed by atoms with Crippen molar-refractivity contribution in [1.82, 2.24) is 0 Å². The van der Waals surface area contributed by atoms with Crippen molar-refractivity contribution < 1.29 is 0 Å². The quantitative estimate of drug-likeness (QED) is 0.411. The van der Waals surface area contributed by atoms with Gasteiger partial charge in [0, 0.05) is 22.4 Å². The van der Waals surface area contributed by atoms with Crippen molar-refractivity contribution in [1.29, 1.82) is 0 Å². The van der Waals surface area contributed by atoms with E-state index < -0.39 is 0 Å². The third kappa shape index (κ3) is 6.65. The van der Waals surface area contributed by atoms with E-state index in [-0.39, 0.29) is 0 Å². The number of hydrogen-bond donors (Lipinski definition) is 2. The number of aryl methyl sites for hydroxylation is 1. The zero-order chi connectivity index (χ0) is 14.8. The summed E-state index contributed by atoms with van der Waals surface area (Å²) in [6.45, 7) is 5.35. The number of unbranched alkanes of at least 4 members (excludes halogenated alkanes) is 7. The summed E-state index contributed by atoms with van der Waals surface area (Å²) in [5, 5.41) is 3.49. The maximum absolute atomic E-state index is 5.88. The molecule has 0 saturated heterocycles. The van der Waals surface area contributed by atoms with E-state index in [0.717, 1.165) is 28.0 Å². The van der Waals surface area contributed by atoms with Crippen molar-refractivity contribution in [2.75, 3.05) is 17.6 Å². The van der Waals surface area contributed by atoms with Gasteiger partial charge < -0.3 is 11.1 Å². The van der Waals surface area contributed by atoms with E-state index in [1.54, 1.807) is 0 Å². The Labute approximate surface area is 132 Å². The number of rotatable bonds is 10. The first kappa shape index (κ1) is 17.4. The van der Waals surface area contributed by atoms with E-state index >= 15 is 0 Å². The van der Waals surface area contributed by atoms with Crippen LogP contribution in [0.25, 0.3) is 0 Å². The summed E-state index contributed by atoms with van der Waals surface area (Å²) in [5.41, 5.74) is 9.00. The number of nitrogens with one attached hydrogen (secondary N) is 1. The first-order chi connectivity index (χ1) is 9.65. The zero-order valence-corrected chi connectivity index (χ0v) is 14.6. The number of anilines is 2. The molecule has 0 aliphatic carbocycles. The van der Waals surface area contributed by atoms with Crippen molar-refractivity contribution in [3.05, 3.63) is 22.2 Å². The molecular formula is C17H29BrN2. The molecule has 0 atom stereocenters. The van der Waals surface area contributed by atoms with Gasteiger partial charge in [0.2, 0.25) is 0 Å². The maximum Gasteiger partial charge on any atom is 0.0488 e. The Hall–Kier alpha value is -0.700. The van der Waals surface area contributed by atoms with E-state index in [4.69, 9.17) is 5.73 Å². The SMILES string of the molecule is CCCCCCCCCCNc1cc(C)c(N)cc1Br. The summed E-state index contributed by atoms with van der Waals surface area (Å²) in [5.74, 6) is 0. The lowest BCUT2D eigenvalue weighted by Crippen LogP contribution is -2.03. The van der Waals surface area contributed by atoms with Crippen LogP contribution in [0, 0.1) is 6.92 Å². The highest BCUT2D eigenvalue weighted by Crippen LogP contribution is 2.27. The standard InChI is InChI=1S/C17H29BrN2/c1-3-4-5-6-7-8-9-10-11-20-17-12-14(2)16(19)13-15(17)18/h12-13,20H,3-11,19H2,1-2H3. The van der Waals surface area contributed by atoms with Gasteiger partial charge in [-0.25, -0.2) is 0 Å². The fourth-order valence-electron chi connectivity index (χ4n) is 2.31. The van der Waals surface area contributed by atoms with Gasteiger partial charge in [-0.2, -0.15) is 0 Å². The van der Waals surface area contributed by atoms with Crippen LogP contribution in [0.5, 0.6) is 0 Å². The van der Waals surface area contributed by atoms with Gasteiger partial charge in [0.25, 0.3) is 0 Å². The van der Waals surface area contributed by atoms with Crippen molar-refractivity contribution in [2.45, 2.75) is 65.2 Å². The van der Waals surface area contributed by atoms with Crippen molar-refractivity contribution in [2.24, 2.45) is 0 Å². The highest BCUT2D eigenvalue weighted by molar-refractivity contribution is 9.10. The van der Waals surface area contributed by atoms with Crippen molar-refractivity contribution >= 4 is 27.3 Å². The largest absolute Gasteiger partial charge is 0.398 e. The molecule has 0 aromatic heterocycles. The van der Waals surface area contributed by atoms with Crippen LogP contribution in [0.1, 0.15) is 63.9 Å². The second-order valence-electron chi connectivity index (χ2n) is 5.59. The topological polar surface area (TPSA) is 38.0 Å². The lowest BCUT2D eigenvalue weighted by molar-refractivity contribution is 0.581. The average molecular weight is 341 g/mol. The molecule has 1 aromatic carbocycles. The molecule has 0 aliphatic heterocycles. The normalized spacial score (nSPS) is 10.8. The average Bonchev–Trinajstić information content (AvgIpc) is 2.42. The predicted molar refractivity (Wildman–Crippen MR) is 94.4 cm³/mol. The molecular weight excluding hydrogens is 312 g/mol. The van der Waals surface area contributed by atoms with Crippen LogP contribution < -0.4 is 11.1 Å². The Kier molecular flexibility index (Phi) is 8.75. The fourth-order valence-corrected chi connectivity index (χ4v) is 2.82. The summed E-state index contributed by atoms with van der Waals surface area (Å²) in [7, 11) is 0. The first-order valence-corrected chi connectivity index (χ1v) is 8.74. The number of nitrogens with two attached hydrogens (primary N) is 1. The van der Waals surface area contributed by atoms with Crippen LogP contribution >= 0.6 is 15.9 Å². The molecule has 1 rings (SSSR count). The number of benzene rings is 1. The van der Waals surface area contributed by atoms with Crippen LogP contribution in [0.4, 0.5) is 11.4 Å². The number of hydrogen-bond acceptors (Lipinski definition) is 2. The third-order valence-electron chi connectivity index (χ3n) is 3.70. The van der Waals surface area contributed by atoms with E-state index in [2.05, 4.69) is 34.2 Å². The highest BCUT2D eigenvalue weighted by Gasteiger charge is 2.02. The van der Waals surface area contributed by atoms with Crippen LogP contribution in [-0.2, 0) is 0 Å². The Morgan fingerprint density at radius 3 is 2.25 bits per heavy atom. The van der Waals surface area contributed by atoms with E-state index in [1.165, 1.54) is 51.4 Å². The minimum Gasteiger partial charge on any atom is -0.398 e. The summed E-state index contributed by atoms with van der Waals surface area (Å²) >= 11 is 3.56. The predicted octanol–water partition coefficient (Wildman–Crippen LogP) is 5.89. The summed E-state index contributed by atoms with van der Waals surface area (Å²) < 4.78 is 1.06. The van der Waals surface area contributed by atoms with E-state index in [1.807, 2.05) is 13.0 Å². The molecule has 0 radical (unpaired) electrons. The van der Waals surface area contributed by atoms with Crippen molar-refractivity contribution in [3.63, 3.8) is 0 Å². The van der Waals surface area contributed by atoms with Gasteiger partial charge in [0.05, 0.1) is 0 Å². The fraction of sp³-hybridized carbons (Fsp3) is 0.647. The van der Waals surface area contributed by atoms with Gasteiger partial charge in [-0.3, -0.25) is 0 Å². The highest BCUT2D eigenvalue weighted by atomic mass is 79.9. The number of nitrogen functional groups attached to an aromatic ring is 1. The van der Waals surface area contributed by atoms with Crippen LogP contribution in [0.2, 0.25) is 0 Å². The van der Waals surface area contributed by atoms with Gasteiger partial charge in [0.15, 0.2) is 0 Å². The Balaban J connectivity index is 2.11. The van der Waals surface area contributed by atoms with Crippen LogP contribution in [0.15, 0.2) is 16.6 Å². The Morgan fingerprint density at radius 1 is 1.00 bits per heavy atom. The van der Waals surface area contributed by atoms with Gasteiger partial charge >= 0.3 is 0 Å². The van der Waals surface area contributed by atoms with Gasteiger partial charge in [-0.1, -0.05) is 51.9 Å². The Morgan fingerprint density at radius 2 is 1.60 bits per heavy atom. The molecule has 0 aliphatic rings. The molecule has 1 aromatic rings. The van der Waals surface area contributed by atoms with E-state index in [0.29, 0.717) is 0 Å².